The summed E-state index contributed by atoms with van der Waals surface area (Å²) in [6, 6.07) is 6.34. The van der Waals surface area contributed by atoms with Crippen LogP contribution < -0.4 is 15.2 Å². The molecule has 2 rings (SSSR count). The Labute approximate surface area is 127 Å². The number of methoxy groups -OCH3 is 2. The van der Waals surface area contributed by atoms with Crippen LogP contribution in [0.15, 0.2) is 18.2 Å². The van der Waals surface area contributed by atoms with Gasteiger partial charge in [-0.15, -0.1) is 12.4 Å². The average Bonchev–Trinajstić information content (AvgIpc) is 2.43. The van der Waals surface area contributed by atoms with Gasteiger partial charge in [0.1, 0.15) is 11.5 Å². The highest BCUT2D eigenvalue weighted by atomic mass is 35.5. The fourth-order valence-corrected chi connectivity index (χ4v) is 2.62. The van der Waals surface area contributed by atoms with Gasteiger partial charge < -0.3 is 15.2 Å². The zero-order chi connectivity index (χ0) is 13.8. The third-order valence-corrected chi connectivity index (χ3v) is 3.94. The molecule has 0 bridgehead atoms. The first-order chi connectivity index (χ1) is 9.13. The van der Waals surface area contributed by atoms with Gasteiger partial charge in [-0.3, -0.25) is 4.90 Å². The third-order valence-electron chi connectivity index (χ3n) is 3.94. The number of rotatable bonds is 4. The smallest absolute Gasteiger partial charge is 0.127 e. The van der Waals surface area contributed by atoms with Crippen LogP contribution in [0.5, 0.6) is 11.5 Å². The molecule has 4 nitrogen and oxygen atoms in total. The summed E-state index contributed by atoms with van der Waals surface area (Å²) in [4.78, 5) is 2.44. The second kappa shape index (κ2) is 7.72. The zero-order valence-corrected chi connectivity index (χ0v) is 13.3. The zero-order valence-electron chi connectivity index (χ0n) is 12.5. The normalized spacial score (nSPS) is 23.0. The maximum absolute atomic E-state index is 6.06. The molecule has 1 saturated heterocycles. The van der Waals surface area contributed by atoms with Gasteiger partial charge in [0.15, 0.2) is 0 Å². The molecule has 0 aliphatic carbocycles. The minimum Gasteiger partial charge on any atom is -0.497 e. The predicted octanol–water partition coefficient (Wildman–Crippen LogP) is 2.29. The number of likely N-dealkylation sites (tertiary alicyclic amines) is 1. The number of halogens is 1. The maximum Gasteiger partial charge on any atom is 0.127 e. The van der Waals surface area contributed by atoms with Gasteiger partial charge in [-0.25, -0.2) is 0 Å². The molecular formula is C15H25ClN2O2. The van der Waals surface area contributed by atoms with E-state index in [9.17, 15) is 0 Å². The van der Waals surface area contributed by atoms with E-state index in [1.807, 2.05) is 12.1 Å². The monoisotopic (exact) mass is 300 g/mol. The summed E-state index contributed by atoms with van der Waals surface area (Å²) in [6.07, 6.45) is 1.07. The van der Waals surface area contributed by atoms with Gasteiger partial charge in [0.25, 0.3) is 0 Å². The minimum atomic E-state index is 0. The van der Waals surface area contributed by atoms with Crippen molar-refractivity contribution in [2.75, 3.05) is 27.3 Å². The molecule has 0 aromatic heterocycles. The van der Waals surface area contributed by atoms with E-state index in [4.69, 9.17) is 15.2 Å². The van der Waals surface area contributed by atoms with Gasteiger partial charge >= 0.3 is 0 Å². The lowest BCUT2D eigenvalue weighted by Gasteiger charge is -2.35. The van der Waals surface area contributed by atoms with Gasteiger partial charge in [-0.05, 0) is 24.9 Å². The summed E-state index contributed by atoms with van der Waals surface area (Å²) in [5.41, 5.74) is 7.26. The molecule has 1 aliphatic rings. The Bertz CT molecular complexity index is 428. The molecule has 1 aromatic rings. The first-order valence-corrected chi connectivity index (χ1v) is 6.83. The van der Waals surface area contributed by atoms with Crippen LogP contribution in [0.4, 0.5) is 0 Å². The van der Waals surface area contributed by atoms with Crippen LogP contribution in [0.3, 0.4) is 0 Å². The first kappa shape index (κ1) is 17.1. The molecule has 0 radical (unpaired) electrons. The van der Waals surface area contributed by atoms with E-state index < -0.39 is 0 Å². The largest absolute Gasteiger partial charge is 0.497 e. The van der Waals surface area contributed by atoms with E-state index in [-0.39, 0.29) is 12.4 Å². The number of ether oxygens (including phenoxy) is 2. The summed E-state index contributed by atoms with van der Waals surface area (Å²) >= 11 is 0. The Kier molecular flexibility index (Phi) is 6.59. The summed E-state index contributed by atoms with van der Waals surface area (Å²) in [5, 5.41) is 0. The van der Waals surface area contributed by atoms with Crippen molar-refractivity contribution in [1.29, 1.82) is 0 Å². The van der Waals surface area contributed by atoms with E-state index in [1.165, 1.54) is 5.56 Å². The summed E-state index contributed by atoms with van der Waals surface area (Å²) in [6.45, 7) is 5.24. The molecule has 0 amide bonds. The lowest BCUT2D eigenvalue weighted by atomic mass is 9.94. The topological polar surface area (TPSA) is 47.7 Å². The maximum atomic E-state index is 6.06. The summed E-state index contributed by atoms with van der Waals surface area (Å²) in [7, 11) is 3.37. The molecule has 0 saturated carbocycles. The number of benzene rings is 1. The lowest BCUT2D eigenvalue weighted by molar-refractivity contribution is 0.156. The van der Waals surface area contributed by atoms with Gasteiger partial charge in [0.05, 0.1) is 14.2 Å². The van der Waals surface area contributed by atoms with Crippen molar-refractivity contribution in [3.63, 3.8) is 0 Å². The molecule has 114 valence electrons. The fraction of sp³-hybridized carbons (Fsp3) is 0.600. The van der Waals surface area contributed by atoms with Crippen LogP contribution in [0, 0.1) is 5.92 Å². The molecule has 1 aliphatic heterocycles. The van der Waals surface area contributed by atoms with Crippen LogP contribution in [-0.2, 0) is 6.54 Å². The Morgan fingerprint density at radius 3 is 2.65 bits per heavy atom. The van der Waals surface area contributed by atoms with Crippen molar-refractivity contribution in [3.8, 4) is 11.5 Å². The number of piperidine rings is 1. The average molecular weight is 301 g/mol. The third kappa shape index (κ3) is 4.01. The van der Waals surface area contributed by atoms with Crippen LogP contribution in [-0.4, -0.2) is 38.3 Å². The van der Waals surface area contributed by atoms with Gasteiger partial charge in [0, 0.05) is 30.8 Å². The van der Waals surface area contributed by atoms with E-state index in [1.54, 1.807) is 14.2 Å². The number of nitrogens with zero attached hydrogens (tertiary/aromatic N) is 1. The van der Waals surface area contributed by atoms with E-state index in [0.717, 1.165) is 37.6 Å². The SMILES string of the molecule is COc1ccc(CN2CCC(N)C(C)C2)c(OC)c1.Cl. The minimum absolute atomic E-state index is 0. The highest BCUT2D eigenvalue weighted by molar-refractivity contribution is 5.85. The molecule has 2 N–H and O–H groups in total. The van der Waals surface area contributed by atoms with E-state index in [0.29, 0.717) is 12.0 Å². The van der Waals surface area contributed by atoms with Crippen molar-refractivity contribution >= 4 is 12.4 Å². The van der Waals surface area contributed by atoms with Crippen LogP contribution in [0.2, 0.25) is 0 Å². The predicted molar refractivity (Wildman–Crippen MR) is 83.8 cm³/mol. The van der Waals surface area contributed by atoms with Crippen LogP contribution in [0.25, 0.3) is 0 Å². The van der Waals surface area contributed by atoms with Gasteiger partial charge in [-0.1, -0.05) is 13.0 Å². The Morgan fingerprint density at radius 2 is 2.05 bits per heavy atom. The number of hydrogen-bond donors (Lipinski definition) is 1. The molecular weight excluding hydrogens is 276 g/mol. The highest BCUT2D eigenvalue weighted by Gasteiger charge is 2.23. The number of hydrogen-bond acceptors (Lipinski definition) is 4. The molecule has 0 spiro atoms. The van der Waals surface area contributed by atoms with Gasteiger partial charge in [-0.2, -0.15) is 0 Å². The van der Waals surface area contributed by atoms with Crippen molar-refractivity contribution < 1.29 is 9.47 Å². The summed E-state index contributed by atoms with van der Waals surface area (Å²) in [5.74, 6) is 2.27. The Morgan fingerprint density at radius 1 is 1.30 bits per heavy atom. The molecule has 1 aromatic carbocycles. The first-order valence-electron chi connectivity index (χ1n) is 6.83. The quantitative estimate of drug-likeness (QED) is 0.927. The van der Waals surface area contributed by atoms with Gasteiger partial charge in [0.2, 0.25) is 0 Å². The highest BCUT2D eigenvalue weighted by Crippen LogP contribution is 2.27. The molecule has 20 heavy (non-hydrogen) atoms. The fourth-order valence-electron chi connectivity index (χ4n) is 2.62. The number of nitrogens with two attached hydrogens (primary N) is 1. The van der Waals surface area contributed by atoms with Crippen molar-refractivity contribution in [2.45, 2.75) is 25.9 Å². The second-order valence-corrected chi connectivity index (χ2v) is 5.34. The standard InChI is InChI=1S/C15H24N2O2.ClH/c1-11-9-17(7-6-14(11)16)10-12-4-5-13(18-2)8-15(12)19-3;/h4-5,8,11,14H,6-7,9-10,16H2,1-3H3;1H. The summed E-state index contributed by atoms with van der Waals surface area (Å²) < 4.78 is 10.7. The van der Waals surface area contributed by atoms with E-state index in [2.05, 4.69) is 17.9 Å². The van der Waals surface area contributed by atoms with Crippen molar-refractivity contribution in [1.82, 2.24) is 4.90 Å². The van der Waals surface area contributed by atoms with Crippen LogP contribution in [0.1, 0.15) is 18.9 Å². The molecule has 5 heteroatoms. The van der Waals surface area contributed by atoms with E-state index >= 15 is 0 Å². The lowest BCUT2D eigenvalue weighted by Crippen LogP contribution is -2.45. The Hall–Kier alpha value is -0.970. The molecule has 2 unspecified atom stereocenters. The molecule has 2 atom stereocenters. The van der Waals surface area contributed by atoms with Crippen molar-refractivity contribution in [3.05, 3.63) is 23.8 Å². The Balaban J connectivity index is 0.00000200. The van der Waals surface area contributed by atoms with Crippen molar-refractivity contribution in [2.24, 2.45) is 11.7 Å². The second-order valence-electron chi connectivity index (χ2n) is 5.34. The molecule has 1 heterocycles. The van der Waals surface area contributed by atoms with Crippen LogP contribution >= 0.6 is 12.4 Å². The molecule has 1 fully saturated rings.